The first-order valence-corrected chi connectivity index (χ1v) is 8.70. The van der Waals surface area contributed by atoms with E-state index in [4.69, 9.17) is 0 Å². The van der Waals surface area contributed by atoms with Crippen LogP contribution in [0.3, 0.4) is 0 Å². The molecule has 0 radical (unpaired) electrons. The number of nitrogens with zero attached hydrogens (tertiary/aromatic N) is 2. The standard InChI is InChI=1S/C21H21FN4O/c1-13(2)15-8-6-7-14(3)20(15)26-21(27)18-11-24-19(12-23-18)25-17-10-5-4-9-16(17)22/h4-13H,1-3H3,(H,24,25)(H,26,27). The van der Waals surface area contributed by atoms with Gasteiger partial charge in [-0.2, -0.15) is 0 Å². The van der Waals surface area contributed by atoms with Gasteiger partial charge in [0.2, 0.25) is 0 Å². The summed E-state index contributed by atoms with van der Waals surface area (Å²) in [5.74, 6) is -0.0907. The molecule has 0 aliphatic heterocycles. The molecule has 27 heavy (non-hydrogen) atoms. The molecule has 138 valence electrons. The average Bonchev–Trinajstić information content (AvgIpc) is 2.65. The van der Waals surface area contributed by atoms with E-state index in [2.05, 4.69) is 34.4 Å². The number of benzene rings is 2. The molecule has 0 atom stereocenters. The van der Waals surface area contributed by atoms with Crippen LogP contribution in [-0.2, 0) is 0 Å². The summed E-state index contributed by atoms with van der Waals surface area (Å²) >= 11 is 0. The van der Waals surface area contributed by atoms with E-state index in [0.717, 1.165) is 16.8 Å². The van der Waals surface area contributed by atoms with E-state index in [0.29, 0.717) is 11.5 Å². The van der Waals surface area contributed by atoms with E-state index < -0.39 is 0 Å². The molecule has 0 fully saturated rings. The molecule has 1 amide bonds. The van der Waals surface area contributed by atoms with Crippen molar-refractivity contribution in [1.82, 2.24) is 9.97 Å². The van der Waals surface area contributed by atoms with E-state index in [-0.39, 0.29) is 23.3 Å². The van der Waals surface area contributed by atoms with Crippen molar-refractivity contribution in [1.29, 1.82) is 0 Å². The lowest BCUT2D eigenvalue weighted by atomic mass is 9.98. The van der Waals surface area contributed by atoms with Gasteiger partial charge in [-0.15, -0.1) is 0 Å². The first-order valence-electron chi connectivity index (χ1n) is 8.70. The molecule has 0 bridgehead atoms. The molecule has 2 N–H and O–H groups in total. The van der Waals surface area contributed by atoms with Crippen molar-refractivity contribution in [2.45, 2.75) is 26.7 Å². The van der Waals surface area contributed by atoms with Gasteiger partial charge in [0.15, 0.2) is 0 Å². The molecule has 0 spiro atoms. The molecule has 1 aromatic heterocycles. The summed E-state index contributed by atoms with van der Waals surface area (Å²) in [6, 6.07) is 12.2. The van der Waals surface area contributed by atoms with Crippen LogP contribution in [-0.4, -0.2) is 15.9 Å². The Morgan fingerprint density at radius 2 is 1.81 bits per heavy atom. The number of aromatic nitrogens is 2. The van der Waals surface area contributed by atoms with Crippen molar-refractivity contribution in [3.8, 4) is 0 Å². The van der Waals surface area contributed by atoms with Gasteiger partial charge in [-0.25, -0.2) is 14.4 Å². The van der Waals surface area contributed by atoms with Gasteiger partial charge in [0, 0.05) is 5.69 Å². The van der Waals surface area contributed by atoms with Crippen molar-refractivity contribution in [2.75, 3.05) is 10.6 Å². The third-order valence-corrected chi connectivity index (χ3v) is 4.19. The fourth-order valence-corrected chi connectivity index (χ4v) is 2.73. The normalized spacial score (nSPS) is 10.7. The monoisotopic (exact) mass is 364 g/mol. The third-order valence-electron chi connectivity index (χ3n) is 4.19. The second-order valence-electron chi connectivity index (χ2n) is 6.54. The fourth-order valence-electron chi connectivity index (χ4n) is 2.73. The van der Waals surface area contributed by atoms with Gasteiger partial charge in [-0.05, 0) is 36.1 Å². The highest BCUT2D eigenvalue weighted by Crippen LogP contribution is 2.27. The lowest BCUT2D eigenvalue weighted by Gasteiger charge is -2.16. The second-order valence-corrected chi connectivity index (χ2v) is 6.54. The van der Waals surface area contributed by atoms with E-state index >= 15 is 0 Å². The van der Waals surface area contributed by atoms with E-state index in [1.54, 1.807) is 18.2 Å². The molecule has 2 aromatic carbocycles. The second kappa shape index (κ2) is 7.95. The van der Waals surface area contributed by atoms with Crippen molar-refractivity contribution >= 4 is 23.1 Å². The zero-order valence-corrected chi connectivity index (χ0v) is 15.5. The Morgan fingerprint density at radius 3 is 2.48 bits per heavy atom. The SMILES string of the molecule is Cc1cccc(C(C)C)c1NC(=O)c1cnc(Nc2ccccc2F)cn1. The Balaban J connectivity index is 1.76. The third kappa shape index (κ3) is 4.28. The van der Waals surface area contributed by atoms with Gasteiger partial charge in [-0.1, -0.05) is 44.2 Å². The van der Waals surface area contributed by atoms with Gasteiger partial charge in [0.1, 0.15) is 17.3 Å². The van der Waals surface area contributed by atoms with Crippen LogP contribution in [0.5, 0.6) is 0 Å². The number of hydrogen-bond donors (Lipinski definition) is 2. The fraction of sp³-hybridized carbons (Fsp3) is 0.190. The van der Waals surface area contributed by atoms with Crippen LogP contribution in [0.2, 0.25) is 0 Å². The summed E-state index contributed by atoms with van der Waals surface area (Å²) < 4.78 is 13.7. The molecule has 0 unspecified atom stereocenters. The van der Waals surface area contributed by atoms with Gasteiger partial charge in [0.05, 0.1) is 18.1 Å². The molecule has 0 aliphatic carbocycles. The van der Waals surface area contributed by atoms with E-state index in [9.17, 15) is 9.18 Å². The van der Waals surface area contributed by atoms with Gasteiger partial charge >= 0.3 is 0 Å². The Morgan fingerprint density at radius 1 is 1.04 bits per heavy atom. The Hall–Kier alpha value is -3.28. The van der Waals surface area contributed by atoms with Crippen LogP contribution < -0.4 is 10.6 Å². The molecule has 0 saturated heterocycles. The van der Waals surface area contributed by atoms with Crippen molar-refractivity contribution in [3.05, 3.63) is 77.5 Å². The molecule has 3 rings (SSSR count). The molecule has 1 heterocycles. The largest absolute Gasteiger partial charge is 0.337 e. The summed E-state index contributed by atoms with van der Waals surface area (Å²) in [6.07, 6.45) is 2.77. The van der Waals surface area contributed by atoms with Crippen LogP contribution in [0.4, 0.5) is 21.6 Å². The van der Waals surface area contributed by atoms with Crippen molar-refractivity contribution in [2.24, 2.45) is 0 Å². The smallest absolute Gasteiger partial charge is 0.275 e. The zero-order valence-electron chi connectivity index (χ0n) is 15.5. The number of anilines is 3. The highest BCUT2D eigenvalue weighted by atomic mass is 19.1. The number of amides is 1. The minimum atomic E-state index is -0.387. The number of aryl methyl sites for hydroxylation is 1. The summed E-state index contributed by atoms with van der Waals surface area (Å²) in [4.78, 5) is 20.9. The molecule has 6 heteroatoms. The molecular formula is C21H21FN4O. The topological polar surface area (TPSA) is 66.9 Å². The Bertz CT molecular complexity index is 955. The van der Waals surface area contributed by atoms with Crippen LogP contribution in [0.15, 0.2) is 54.9 Å². The first-order chi connectivity index (χ1) is 13.0. The maximum atomic E-state index is 13.7. The molecule has 0 aliphatic rings. The zero-order chi connectivity index (χ0) is 19.4. The van der Waals surface area contributed by atoms with Gasteiger partial charge < -0.3 is 10.6 Å². The van der Waals surface area contributed by atoms with Crippen LogP contribution in [0.25, 0.3) is 0 Å². The average molecular weight is 364 g/mol. The van der Waals surface area contributed by atoms with Crippen LogP contribution in [0.1, 0.15) is 41.4 Å². The summed E-state index contributed by atoms with van der Waals surface area (Å²) in [5.41, 5.74) is 3.33. The Kier molecular flexibility index (Phi) is 5.45. The number of hydrogen-bond acceptors (Lipinski definition) is 4. The number of carbonyl (C=O) groups excluding carboxylic acids is 1. The maximum absolute atomic E-state index is 13.7. The van der Waals surface area contributed by atoms with Gasteiger partial charge in [-0.3, -0.25) is 4.79 Å². The molecular weight excluding hydrogens is 343 g/mol. The number of para-hydroxylation sites is 2. The Labute approximate surface area is 157 Å². The minimum absolute atomic E-state index is 0.187. The lowest BCUT2D eigenvalue weighted by molar-refractivity contribution is 0.102. The summed E-state index contributed by atoms with van der Waals surface area (Å²) in [6.45, 7) is 6.11. The summed E-state index contributed by atoms with van der Waals surface area (Å²) in [5, 5.41) is 5.77. The van der Waals surface area contributed by atoms with Crippen molar-refractivity contribution in [3.63, 3.8) is 0 Å². The van der Waals surface area contributed by atoms with Crippen LogP contribution in [0, 0.1) is 12.7 Å². The number of carbonyl (C=O) groups is 1. The van der Waals surface area contributed by atoms with Crippen LogP contribution >= 0.6 is 0 Å². The predicted molar refractivity (Wildman–Crippen MR) is 105 cm³/mol. The van der Waals surface area contributed by atoms with E-state index in [1.165, 1.54) is 18.5 Å². The number of nitrogens with one attached hydrogen (secondary N) is 2. The predicted octanol–water partition coefficient (Wildman–Crippen LogP) is 5.04. The minimum Gasteiger partial charge on any atom is -0.337 e. The van der Waals surface area contributed by atoms with E-state index in [1.807, 2.05) is 25.1 Å². The maximum Gasteiger partial charge on any atom is 0.275 e. The molecule has 3 aromatic rings. The highest BCUT2D eigenvalue weighted by molar-refractivity contribution is 6.03. The summed E-state index contributed by atoms with van der Waals surface area (Å²) in [7, 11) is 0. The molecule has 5 nitrogen and oxygen atoms in total. The van der Waals surface area contributed by atoms with Crippen molar-refractivity contribution < 1.29 is 9.18 Å². The quantitative estimate of drug-likeness (QED) is 0.665. The lowest BCUT2D eigenvalue weighted by Crippen LogP contribution is -2.16. The van der Waals surface area contributed by atoms with Gasteiger partial charge in [0.25, 0.3) is 5.91 Å². The number of halogens is 1. The molecule has 0 saturated carbocycles. The highest BCUT2D eigenvalue weighted by Gasteiger charge is 2.14. The number of rotatable bonds is 5. The first kappa shape index (κ1) is 18.5.